The lowest BCUT2D eigenvalue weighted by Crippen LogP contribution is -2.27. The molecule has 3 heterocycles. The number of piperidine rings is 1. The van der Waals surface area contributed by atoms with Gasteiger partial charge in [0.1, 0.15) is 6.23 Å². The van der Waals surface area contributed by atoms with Crippen molar-refractivity contribution in [2.75, 3.05) is 19.7 Å². The Morgan fingerprint density at radius 3 is 2.68 bits per heavy atom. The van der Waals surface area contributed by atoms with Crippen LogP contribution in [0.4, 0.5) is 8.78 Å². The molecule has 4 nitrogen and oxygen atoms in total. The molecule has 0 amide bonds. The highest BCUT2D eigenvalue weighted by atomic mass is 19.2. The van der Waals surface area contributed by atoms with E-state index < -0.39 is 11.6 Å². The smallest absolute Gasteiger partial charge is 0.167 e. The van der Waals surface area contributed by atoms with Crippen LogP contribution in [-0.2, 0) is 4.74 Å². The molecule has 1 atom stereocenters. The maximum atomic E-state index is 14.7. The molecule has 2 aromatic rings. The highest BCUT2D eigenvalue weighted by Crippen LogP contribution is 2.33. The zero-order chi connectivity index (χ0) is 17.2. The fraction of sp³-hybridized carbons (Fsp3) is 0.526. The number of aromatic nitrogens is 2. The van der Waals surface area contributed by atoms with Crippen LogP contribution in [0, 0.1) is 11.6 Å². The topological polar surface area (TPSA) is 39.1 Å². The molecule has 1 aromatic heterocycles. The number of halogens is 2. The van der Waals surface area contributed by atoms with E-state index in [2.05, 4.69) is 10.4 Å². The van der Waals surface area contributed by atoms with Gasteiger partial charge in [0.15, 0.2) is 11.6 Å². The molecular weight excluding hydrogens is 324 g/mol. The van der Waals surface area contributed by atoms with Crippen LogP contribution in [0.3, 0.4) is 0 Å². The van der Waals surface area contributed by atoms with Gasteiger partial charge in [-0.3, -0.25) is 0 Å². The molecule has 1 N–H and O–H groups in total. The van der Waals surface area contributed by atoms with Gasteiger partial charge >= 0.3 is 0 Å². The molecule has 0 bridgehead atoms. The Bertz CT molecular complexity index is 734. The van der Waals surface area contributed by atoms with Crippen molar-refractivity contribution in [3.8, 4) is 11.1 Å². The van der Waals surface area contributed by atoms with Crippen molar-refractivity contribution in [2.45, 2.75) is 44.2 Å². The summed E-state index contributed by atoms with van der Waals surface area (Å²) >= 11 is 0. The Morgan fingerprint density at radius 2 is 1.92 bits per heavy atom. The van der Waals surface area contributed by atoms with Gasteiger partial charge in [-0.2, -0.15) is 5.10 Å². The van der Waals surface area contributed by atoms with Gasteiger partial charge in [0.25, 0.3) is 0 Å². The van der Waals surface area contributed by atoms with Crippen LogP contribution in [0.5, 0.6) is 0 Å². The van der Waals surface area contributed by atoms with Crippen LogP contribution < -0.4 is 5.32 Å². The van der Waals surface area contributed by atoms with E-state index in [0.717, 1.165) is 45.2 Å². The van der Waals surface area contributed by atoms with E-state index in [0.29, 0.717) is 17.7 Å². The van der Waals surface area contributed by atoms with Crippen LogP contribution in [0.1, 0.15) is 49.8 Å². The predicted molar refractivity (Wildman–Crippen MR) is 91.3 cm³/mol. The van der Waals surface area contributed by atoms with Gasteiger partial charge in [-0.1, -0.05) is 12.1 Å². The normalized spacial score (nSPS) is 22.2. The highest BCUT2D eigenvalue weighted by Gasteiger charge is 2.24. The minimum atomic E-state index is -0.778. The summed E-state index contributed by atoms with van der Waals surface area (Å²) in [7, 11) is 0. The minimum absolute atomic E-state index is 0.0863. The molecule has 6 heteroatoms. The number of hydrogen-bond acceptors (Lipinski definition) is 3. The second-order valence-corrected chi connectivity index (χ2v) is 6.88. The molecule has 0 radical (unpaired) electrons. The van der Waals surface area contributed by atoms with E-state index in [4.69, 9.17) is 4.74 Å². The molecule has 2 aliphatic rings. The summed E-state index contributed by atoms with van der Waals surface area (Å²) in [6, 6.07) is 3.41. The van der Waals surface area contributed by atoms with Crippen molar-refractivity contribution in [3.05, 3.63) is 41.7 Å². The van der Waals surface area contributed by atoms with Crippen molar-refractivity contribution in [3.63, 3.8) is 0 Å². The zero-order valence-corrected chi connectivity index (χ0v) is 14.2. The number of ether oxygens (including phenoxy) is 1. The summed E-state index contributed by atoms with van der Waals surface area (Å²) in [5, 5.41) is 7.54. The van der Waals surface area contributed by atoms with Crippen LogP contribution in [-0.4, -0.2) is 29.5 Å². The van der Waals surface area contributed by atoms with Crippen molar-refractivity contribution >= 4 is 0 Å². The predicted octanol–water partition coefficient (Wildman–Crippen LogP) is 3.99. The van der Waals surface area contributed by atoms with Crippen LogP contribution in [0.25, 0.3) is 11.1 Å². The van der Waals surface area contributed by atoms with Crippen LogP contribution >= 0.6 is 0 Å². The Balaban J connectivity index is 1.60. The Hall–Kier alpha value is -1.79. The van der Waals surface area contributed by atoms with Gasteiger partial charge in [0.05, 0.1) is 6.20 Å². The SMILES string of the molecule is Fc1c(-c2cnn(C3CCCCO3)c2)ccc(C2CCNCC2)c1F. The lowest BCUT2D eigenvalue weighted by molar-refractivity contribution is -0.0394. The first-order valence-corrected chi connectivity index (χ1v) is 9.09. The Morgan fingerprint density at radius 1 is 1.08 bits per heavy atom. The largest absolute Gasteiger partial charge is 0.357 e. The molecule has 1 aromatic carbocycles. The van der Waals surface area contributed by atoms with Gasteiger partial charge in [-0.15, -0.1) is 0 Å². The summed E-state index contributed by atoms with van der Waals surface area (Å²) in [4.78, 5) is 0. The van der Waals surface area contributed by atoms with E-state index in [-0.39, 0.29) is 17.7 Å². The first-order chi connectivity index (χ1) is 12.2. The third-order valence-corrected chi connectivity index (χ3v) is 5.25. The average Bonchev–Trinajstić information content (AvgIpc) is 3.15. The third-order valence-electron chi connectivity index (χ3n) is 5.25. The molecule has 2 saturated heterocycles. The molecule has 1 unspecified atom stereocenters. The van der Waals surface area contributed by atoms with Gasteiger partial charge in [-0.25, -0.2) is 13.5 Å². The second-order valence-electron chi connectivity index (χ2n) is 6.88. The van der Waals surface area contributed by atoms with E-state index >= 15 is 0 Å². The average molecular weight is 347 g/mol. The maximum Gasteiger partial charge on any atom is 0.167 e. The second kappa shape index (κ2) is 7.22. The molecule has 2 aliphatic heterocycles. The first kappa shape index (κ1) is 16.7. The molecule has 0 saturated carbocycles. The molecular formula is C19H23F2N3O. The minimum Gasteiger partial charge on any atom is -0.357 e. The van der Waals surface area contributed by atoms with Crippen molar-refractivity contribution in [2.24, 2.45) is 0 Å². The summed E-state index contributed by atoms with van der Waals surface area (Å²) < 4.78 is 36.7. The summed E-state index contributed by atoms with van der Waals surface area (Å²) in [5.41, 5.74) is 1.34. The lowest BCUT2D eigenvalue weighted by Gasteiger charge is -2.24. The maximum absolute atomic E-state index is 14.7. The van der Waals surface area contributed by atoms with E-state index in [9.17, 15) is 8.78 Å². The van der Waals surface area contributed by atoms with Crippen molar-refractivity contribution in [1.82, 2.24) is 15.1 Å². The fourth-order valence-electron chi connectivity index (χ4n) is 3.80. The van der Waals surface area contributed by atoms with Gasteiger partial charge in [0.2, 0.25) is 0 Å². The Labute approximate surface area is 146 Å². The number of rotatable bonds is 3. The van der Waals surface area contributed by atoms with Gasteiger partial charge in [-0.05, 0) is 56.7 Å². The third kappa shape index (κ3) is 3.33. The van der Waals surface area contributed by atoms with E-state index in [1.807, 2.05) is 0 Å². The molecule has 25 heavy (non-hydrogen) atoms. The Kier molecular flexibility index (Phi) is 4.81. The van der Waals surface area contributed by atoms with Crippen LogP contribution in [0.15, 0.2) is 24.5 Å². The molecule has 4 rings (SSSR count). The quantitative estimate of drug-likeness (QED) is 0.912. The van der Waals surface area contributed by atoms with Gasteiger partial charge < -0.3 is 10.1 Å². The number of benzene rings is 1. The van der Waals surface area contributed by atoms with Gasteiger partial charge in [0, 0.05) is 23.9 Å². The number of nitrogens with one attached hydrogen (secondary N) is 1. The molecule has 0 spiro atoms. The summed E-state index contributed by atoms with van der Waals surface area (Å²) in [6.45, 7) is 2.41. The summed E-state index contributed by atoms with van der Waals surface area (Å²) in [5.74, 6) is -1.41. The standard InChI is InChI=1S/C19H23F2N3O/c20-18-15(13-6-8-22-9-7-13)4-5-16(19(18)21)14-11-23-24(12-14)17-3-1-2-10-25-17/h4-5,11-13,17,22H,1-3,6-10H2. The molecule has 2 fully saturated rings. The van der Waals surface area contributed by atoms with Crippen molar-refractivity contribution < 1.29 is 13.5 Å². The van der Waals surface area contributed by atoms with Crippen molar-refractivity contribution in [1.29, 1.82) is 0 Å². The fourth-order valence-corrected chi connectivity index (χ4v) is 3.80. The zero-order valence-electron chi connectivity index (χ0n) is 14.2. The number of hydrogen-bond donors (Lipinski definition) is 1. The van der Waals surface area contributed by atoms with E-state index in [1.165, 1.54) is 0 Å². The number of nitrogens with zero attached hydrogens (tertiary/aromatic N) is 2. The van der Waals surface area contributed by atoms with E-state index in [1.54, 1.807) is 29.2 Å². The summed E-state index contributed by atoms with van der Waals surface area (Å²) in [6.07, 6.45) is 7.95. The monoisotopic (exact) mass is 347 g/mol. The van der Waals surface area contributed by atoms with Crippen LogP contribution in [0.2, 0.25) is 0 Å². The highest BCUT2D eigenvalue weighted by molar-refractivity contribution is 5.63. The molecule has 134 valence electrons. The lowest BCUT2D eigenvalue weighted by atomic mass is 9.88. The molecule has 0 aliphatic carbocycles. The first-order valence-electron chi connectivity index (χ1n) is 9.09.